The molecule has 0 aromatic heterocycles. The molecule has 0 amide bonds. The van der Waals surface area contributed by atoms with Crippen molar-refractivity contribution in [3.63, 3.8) is 0 Å². The minimum Gasteiger partial charge on any atom is -0.496 e. The number of methoxy groups -OCH3 is 1. The third-order valence-corrected chi connectivity index (χ3v) is 3.27. The first-order chi connectivity index (χ1) is 8.76. The molecule has 3 nitrogen and oxygen atoms in total. The highest BCUT2D eigenvalue weighted by Gasteiger charge is 2.36. The molecule has 98 valence electrons. The molecule has 1 aliphatic carbocycles. The quantitative estimate of drug-likeness (QED) is 0.744. The molecule has 0 N–H and O–H groups in total. The van der Waals surface area contributed by atoms with Gasteiger partial charge < -0.3 is 9.47 Å². The lowest BCUT2D eigenvalue weighted by molar-refractivity contribution is -0.130. The first-order valence-electron chi connectivity index (χ1n) is 6.52. The molecular formula is C15H20O3. The van der Waals surface area contributed by atoms with E-state index in [4.69, 9.17) is 9.47 Å². The van der Waals surface area contributed by atoms with Crippen LogP contribution in [0.25, 0.3) is 0 Å². The number of rotatable bonds is 7. The maximum atomic E-state index is 12.3. The van der Waals surface area contributed by atoms with Gasteiger partial charge in [0.2, 0.25) is 0 Å². The summed E-state index contributed by atoms with van der Waals surface area (Å²) in [7, 11) is 1.63. The topological polar surface area (TPSA) is 35.5 Å². The van der Waals surface area contributed by atoms with Gasteiger partial charge in [0.25, 0.3) is 0 Å². The van der Waals surface area contributed by atoms with E-state index in [9.17, 15) is 4.79 Å². The van der Waals surface area contributed by atoms with Gasteiger partial charge in [0, 0.05) is 18.6 Å². The number of carbonyl (C=O) groups excluding carboxylic acids is 1. The Hall–Kier alpha value is -1.35. The number of hydrogen-bond donors (Lipinski definition) is 0. The standard InChI is InChI=1S/C15H20O3/c1-3-18-15(11-8-9-11)13(16)10-12-6-4-5-7-14(12)17-2/h4-7,11,15H,3,8-10H2,1-2H3. The third-order valence-electron chi connectivity index (χ3n) is 3.27. The lowest BCUT2D eigenvalue weighted by Crippen LogP contribution is -2.28. The Morgan fingerprint density at radius 2 is 2.11 bits per heavy atom. The van der Waals surface area contributed by atoms with Crippen LogP contribution < -0.4 is 4.74 Å². The lowest BCUT2D eigenvalue weighted by atomic mass is 10.0. The second-order valence-corrected chi connectivity index (χ2v) is 4.67. The van der Waals surface area contributed by atoms with Gasteiger partial charge in [-0.05, 0) is 31.7 Å². The van der Waals surface area contributed by atoms with E-state index in [0.29, 0.717) is 18.9 Å². The molecule has 1 aromatic rings. The number of Topliss-reactive ketones (excluding diaryl/α,β-unsaturated/α-hetero) is 1. The normalized spacial score (nSPS) is 16.3. The van der Waals surface area contributed by atoms with E-state index < -0.39 is 0 Å². The fraction of sp³-hybridized carbons (Fsp3) is 0.533. The number of ether oxygens (including phenoxy) is 2. The van der Waals surface area contributed by atoms with Crippen LogP contribution in [0.5, 0.6) is 5.75 Å². The van der Waals surface area contributed by atoms with Crippen molar-refractivity contribution in [2.24, 2.45) is 5.92 Å². The van der Waals surface area contributed by atoms with Crippen LogP contribution in [0.4, 0.5) is 0 Å². The first kappa shape index (κ1) is 13.1. The van der Waals surface area contributed by atoms with Crippen molar-refractivity contribution in [3.05, 3.63) is 29.8 Å². The number of para-hydroxylation sites is 1. The third kappa shape index (κ3) is 3.10. The van der Waals surface area contributed by atoms with Crippen LogP contribution in [0.3, 0.4) is 0 Å². The van der Waals surface area contributed by atoms with Crippen LogP contribution >= 0.6 is 0 Å². The maximum Gasteiger partial charge on any atom is 0.166 e. The van der Waals surface area contributed by atoms with Gasteiger partial charge in [-0.2, -0.15) is 0 Å². The molecule has 1 atom stereocenters. The summed E-state index contributed by atoms with van der Waals surface area (Å²) in [6, 6.07) is 7.66. The summed E-state index contributed by atoms with van der Waals surface area (Å²) in [6.07, 6.45) is 2.40. The Morgan fingerprint density at radius 1 is 1.39 bits per heavy atom. The highest BCUT2D eigenvalue weighted by atomic mass is 16.5. The first-order valence-corrected chi connectivity index (χ1v) is 6.52. The van der Waals surface area contributed by atoms with E-state index >= 15 is 0 Å². The molecule has 0 spiro atoms. The van der Waals surface area contributed by atoms with Crippen molar-refractivity contribution < 1.29 is 14.3 Å². The van der Waals surface area contributed by atoms with Crippen LogP contribution in [0.2, 0.25) is 0 Å². The van der Waals surface area contributed by atoms with Crippen molar-refractivity contribution in [1.29, 1.82) is 0 Å². The number of carbonyl (C=O) groups is 1. The summed E-state index contributed by atoms with van der Waals surface area (Å²) < 4.78 is 10.9. The van der Waals surface area contributed by atoms with Gasteiger partial charge in [0.1, 0.15) is 11.9 Å². The number of benzene rings is 1. The Bertz CT molecular complexity index is 410. The van der Waals surface area contributed by atoms with Gasteiger partial charge in [0.15, 0.2) is 5.78 Å². The summed E-state index contributed by atoms with van der Waals surface area (Å²) >= 11 is 0. The molecule has 1 saturated carbocycles. The molecule has 0 radical (unpaired) electrons. The molecule has 2 rings (SSSR count). The summed E-state index contributed by atoms with van der Waals surface area (Å²) in [5, 5.41) is 0. The zero-order chi connectivity index (χ0) is 13.0. The molecular weight excluding hydrogens is 228 g/mol. The summed E-state index contributed by atoms with van der Waals surface area (Å²) in [4.78, 5) is 12.3. The Morgan fingerprint density at radius 3 is 2.72 bits per heavy atom. The molecule has 0 saturated heterocycles. The summed E-state index contributed by atoms with van der Waals surface area (Å²) in [5.74, 6) is 1.38. The Kier molecular flexibility index (Phi) is 4.37. The summed E-state index contributed by atoms with van der Waals surface area (Å²) in [5.41, 5.74) is 0.940. The maximum absolute atomic E-state index is 12.3. The smallest absolute Gasteiger partial charge is 0.166 e. The predicted molar refractivity (Wildman–Crippen MR) is 69.8 cm³/mol. The average Bonchev–Trinajstić information content (AvgIpc) is 3.20. The van der Waals surface area contributed by atoms with Crippen molar-refractivity contribution in [1.82, 2.24) is 0 Å². The van der Waals surface area contributed by atoms with E-state index in [0.717, 1.165) is 24.2 Å². The SMILES string of the molecule is CCOC(C(=O)Cc1ccccc1OC)C1CC1. The van der Waals surface area contributed by atoms with Crippen LogP contribution in [0, 0.1) is 5.92 Å². The van der Waals surface area contributed by atoms with Crippen molar-refractivity contribution in [3.8, 4) is 5.75 Å². The van der Waals surface area contributed by atoms with Crippen molar-refractivity contribution in [2.75, 3.05) is 13.7 Å². The largest absolute Gasteiger partial charge is 0.496 e. The van der Waals surface area contributed by atoms with E-state index in [-0.39, 0.29) is 11.9 Å². The molecule has 0 aliphatic heterocycles. The number of ketones is 1. The minimum absolute atomic E-state index is 0.170. The number of hydrogen-bond acceptors (Lipinski definition) is 3. The molecule has 1 aliphatic rings. The fourth-order valence-corrected chi connectivity index (χ4v) is 2.21. The van der Waals surface area contributed by atoms with Crippen LogP contribution in [-0.4, -0.2) is 25.6 Å². The van der Waals surface area contributed by atoms with Crippen molar-refractivity contribution >= 4 is 5.78 Å². The van der Waals surface area contributed by atoms with E-state index in [1.807, 2.05) is 31.2 Å². The fourth-order valence-electron chi connectivity index (χ4n) is 2.21. The van der Waals surface area contributed by atoms with E-state index in [1.165, 1.54) is 0 Å². The molecule has 0 bridgehead atoms. The molecule has 3 heteroatoms. The van der Waals surface area contributed by atoms with Crippen LogP contribution in [0.15, 0.2) is 24.3 Å². The van der Waals surface area contributed by atoms with Gasteiger partial charge in [0.05, 0.1) is 7.11 Å². The molecule has 1 aromatic carbocycles. The van der Waals surface area contributed by atoms with Gasteiger partial charge in [-0.1, -0.05) is 18.2 Å². The highest BCUT2D eigenvalue weighted by Crippen LogP contribution is 2.35. The van der Waals surface area contributed by atoms with Gasteiger partial charge in [-0.25, -0.2) is 0 Å². The van der Waals surface area contributed by atoms with E-state index in [2.05, 4.69) is 0 Å². The van der Waals surface area contributed by atoms with Gasteiger partial charge in [-0.3, -0.25) is 4.79 Å². The zero-order valence-electron chi connectivity index (χ0n) is 11.0. The second-order valence-electron chi connectivity index (χ2n) is 4.67. The van der Waals surface area contributed by atoms with Crippen LogP contribution in [0.1, 0.15) is 25.3 Å². The zero-order valence-corrected chi connectivity index (χ0v) is 11.0. The van der Waals surface area contributed by atoms with Gasteiger partial charge in [-0.15, -0.1) is 0 Å². The second kappa shape index (κ2) is 6.01. The monoisotopic (exact) mass is 248 g/mol. The van der Waals surface area contributed by atoms with Crippen molar-refractivity contribution in [2.45, 2.75) is 32.3 Å². The van der Waals surface area contributed by atoms with Crippen LogP contribution in [-0.2, 0) is 16.0 Å². The Balaban J connectivity index is 2.04. The Labute approximate surface area is 108 Å². The predicted octanol–water partition coefficient (Wildman–Crippen LogP) is 2.62. The highest BCUT2D eigenvalue weighted by molar-refractivity contribution is 5.86. The summed E-state index contributed by atoms with van der Waals surface area (Å²) in [6.45, 7) is 2.53. The minimum atomic E-state index is -0.222. The molecule has 1 fully saturated rings. The molecule has 1 unspecified atom stereocenters. The van der Waals surface area contributed by atoms with E-state index in [1.54, 1.807) is 7.11 Å². The lowest BCUT2D eigenvalue weighted by Gasteiger charge is -2.16. The average molecular weight is 248 g/mol. The molecule has 18 heavy (non-hydrogen) atoms. The van der Waals surface area contributed by atoms with Gasteiger partial charge >= 0.3 is 0 Å². The molecule has 0 heterocycles.